The summed E-state index contributed by atoms with van der Waals surface area (Å²) in [5.41, 5.74) is 7.75. The van der Waals surface area contributed by atoms with Crippen LogP contribution >= 0.6 is 28.1 Å². The summed E-state index contributed by atoms with van der Waals surface area (Å²) in [6, 6.07) is 5.98. The molecule has 0 heterocycles. The van der Waals surface area contributed by atoms with E-state index in [9.17, 15) is 8.78 Å². The van der Waals surface area contributed by atoms with Crippen molar-refractivity contribution >= 4 is 44.5 Å². The maximum absolute atomic E-state index is 14.1. The molecule has 2 aromatic rings. The van der Waals surface area contributed by atoms with Crippen molar-refractivity contribution in [3.63, 3.8) is 0 Å². The Labute approximate surface area is 135 Å². The number of hydrogen-bond acceptors (Lipinski definition) is 2. The van der Waals surface area contributed by atoms with Gasteiger partial charge in [-0.25, -0.2) is 8.78 Å². The van der Waals surface area contributed by atoms with Gasteiger partial charge in [0.05, 0.1) is 0 Å². The van der Waals surface area contributed by atoms with E-state index in [1.54, 1.807) is 0 Å². The highest BCUT2D eigenvalue weighted by Gasteiger charge is 2.14. The molecule has 0 saturated carbocycles. The van der Waals surface area contributed by atoms with Gasteiger partial charge in [-0.3, -0.25) is 0 Å². The van der Waals surface area contributed by atoms with Gasteiger partial charge in [0.25, 0.3) is 0 Å². The first-order chi connectivity index (χ1) is 9.79. The third-order valence-corrected chi connectivity index (χ3v) is 3.77. The lowest BCUT2D eigenvalue weighted by Gasteiger charge is -2.15. The molecule has 0 unspecified atom stereocenters. The molecule has 110 valence electrons. The zero-order valence-corrected chi connectivity index (χ0v) is 13.8. The number of benzene rings is 2. The van der Waals surface area contributed by atoms with E-state index >= 15 is 0 Å². The van der Waals surface area contributed by atoms with Gasteiger partial charge in [0.1, 0.15) is 22.3 Å². The Morgan fingerprint density at radius 1 is 1.05 bits per heavy atom. The Balaban J connectivity index is 2.48. The molecule has 0 bridgehead atoms. The largest absolute Gasteiger partial charge is 0.389 e. The molecule has 0 atom stereocenters. The molecule has 0 aliphatic rings. The van der Waals surface area contributed by atoms with E-state index in [0.29, 0.717) is 5.69 Å². The van der Waals surface area contributed by atoms with E-state index in [1.165, 1.54) is 0 Å². The molecule has 0 spiro atoms. The normalized spacial score (nSPS) is 10.5. The number of hydrogen-bond donors (Lipinski definition) is 2. The molecule has 2 aromatic carbocycles. The van der Waals surface area contributed by atoms with Gasteiger partial charge in [-0.1, -0.05) is 28.1 Å². The Morgan fingerprint density at radius 3 is 1.95 bits per heavy atom. The van der Waals surface area contributed by atoms with Gasteiger partial charge in [0, 0.05) is 15.7 Å². The molecule has 0 fully saturated rings. The molecular formula is C15H13BrF2N2S. The summed E-state index contributed by atoms with van der Waals surface area (Å²) in [5.74, 6) is -1.47. The van der Waals surface area contributed by atoms with Crippen molar-refractivity contribution in [1.82, 2.24) is 0 Å². The van der Waals surface area contributed by atoms with Crippen molar-refractivity contribution in [3.05, 3.63) is 57.1 Å². The molecule has 2 nitrogen and oxygen atoms in total. The van der Waals surface area contributed by atoms with Crippen LogP contribution in [-0.4, -0.2) is 4.99 Å². The van der Waals surface area contributed by atoms with Crippen LogP contribution in [0.2, 0.25) is 0 Å². The van der Waals surface area contributed by atoms with Gasteiger partial charge in [0.15, 0.2) is 0 Å². The summed E-state index contributed by atoms with van der Waals surface area (Å²) in [6.07, 6.45) is 0. The van der Waals surface area contributed by atoms with Crippen LogP contribution in [0.3, 0.4) is 0 Å². The lowest BCUT2D eigenvalue weighted by Crippen LogP contribution is -2.11. The smallest absolute Gasteiger partial charge is 0.150 e. The molecule has 3 N–H and O–H groups in total. The third kappa shape index (κ3) is 3.39. The molecular weight excluding hydrogens is 358 g/mol. The number of aryl methyl sites for hydroxylation is 2. The number of halogens is 3. The lowest BCUT2D eigenvalue weighted by molar-refractivity contribution is 0.590. The summed E-state index contributed by atoms with van der Waals surface area (Å²) in [4.78, 5) is -0.0460. The first-order valence-electron chi connectivity index (χ1n) is 6.12. The van der Waals surface area contributed by atoms with Crippen molar-refractivity contribution < 1.29 is 8.78 Å². The molecule has 0 radical (unpaired) electrons. The summed E-state index contributed by atoms with van der Waals surface area (Å²) < 4.78 is 29.1. The topological polar surface area (TPSA) is 38.0 Å². The van der Waals surface area contributed by atoms with Crippen molar-refractivity contribution in [2.75, 3.05) is 5.32 Å². The van der Waals surface area contributed by atoms with E-state index < -0.39 is 11.6 Å². The minimum atomic E-state index is -0.737. The molecule has 0 aliphatic carbocycles. The molecule has 2 rings (SSSR count). The number of nitrogens with two attached hydrogens (primary N) is 1. The maximum atomic E-state index is 14.1. The summed E-state index contributed by atoms with van der Waals surface area (Å²) in [6.45, 7) is 3.72. The van der Waals surface area contributed by atoms with Crippen molar-refractivity contribution in [3.8, 4) is 0 Å². The van der Waals surface area contributed by atoms with Crippen LogP contribution in [0, 0.1) is 25.5 Å². The average molecular weight is 371 g/mol. The standard InChI is InChI=1S/C15H13BrF2N2S/c1-7-3-10(16)4-8(2)13(7)20-14-11(17)5-9(15(19)21)6-12(14)18/h3-6,20H,1-2H3,(H2,19,21). The number of anilines is 2. The Kier molecular flexibility index (Phi) is 4.58. The van der Waals surface area contributed by atoms with Gasteiger partial charge in [0.2, 0.25) is 0 Å². The van der Waals surface area contributed by atoms with Crippen LogP contribution in [0.25, 0.3) is 0 Å². The van der Waals surface area contributed by atoms with Crippen molar-refractivity contribution in [2.24, 2.45) is 5.73 Å². The second-order valence-corrected chi connectivity index (χ2v) is 6.07. The molecule has 0 saturated heterocycles. The molecule has 0 amide bonds. The fraction of sp³-hybridized carbons (Fsp3) is 0.133. The van der Waals surface area contributed by atoms with E-state index in [4.69, 9.17) is 18.0 Å². The first-order valence-corrected chi connectivity index (χ1v) is 7.32. The fourth-order valence-corrected chi connectivity index (χ4v) is 2.87. The predicted octanol–water partition coefficient (Wildman–Crippen LogP) is 4.72. The highest BCUT2D eigenvalue weighted by Crippen LogP contribution is 2.31. The van der Waals surface area contributed by atoms with Gasteiger partial charge >= 0.3 is 0 Å². The Morgan fingerprint density at radius 2 is 1.52 bits per heavy atom. The van der Waals surface area contributed by atoms with Gasteiger partial charge < -0.3 is 11.1 Å². The third-order valence-electron chi connectivity index (χ3n) is 3.07. The van der Waals surface area contributed by atoms with Gasteiger partial charge in [-0.15, -0.1) is 0 Å². The average Bonchev–Trinajstić information content (AvgIpc) is 2.35. The summed E-state index contributed by atoms with van der Waals surface area (Å²) >= 11 is 8.11. The highest BCUT2D eigenvalue weighted by atomic mass is 79.9. The number of rotatable bonds is 3. The first kappa shape index (κ1) is 15.9. The van der Waals surface area contributed by atoms with E-state index in [2.05, 4.69) is 21.2 Å². The zero-order valence-electron chi connectivity index (χ0n) is 11.4. The fourth-order valence-electron chi connectivity index (χ4n) is 2.07. The second kappa shape index (κ2) is 6.07. The molecule has 0 aromatic heterocycles. The van der Waals surface area contributed by atoms with E-state index in [0.717, 1.165) is 27.7 Å². The van der Waals surface area contributed by atoms with E-state index in [1.807, 2.05) is 26.0 Å². The second-order valence-electron chi connectivity index (χ2n) is 4.72. The van der Waals surface area contributed by atoms with Crippen LogP contribution in [0.4, 0.5) is 20.2 Å². The maximum Gasteiger partial charge on any atom is 0.150 e. The summed E-state index contributed by atoms with van der Waals surface area (Å²) in [5, 5.41) is 2.82. The van der Waals surface area contributed by atoms with Crippen molar-refractivity contribution in [1.29, 1.82) is 0 Å². The van der Waals surface area contributed by atoms with E-state index in [-0.39, 0.29) is 16.2 Å². The van der Waals surface area contributed by atoms with Crippen LogP contribution < -0.4 is 11.1 Å². The SMILES string of the molecule is Cc1cc(Br)cc(C)c1Nc1c(F)cc(C(N)=S)cc1F. The van der Waals surface area contributed by atoms with Crippen LogP contribution in [0.1, 0.15) is 16.7 Å². The van der Waals surface area contributed by atoms with Gasteiger partial charge in [-0.2, -0.15) is 0 Å². The minimum Gasteiger partial charge on any atom is -0.389 e. The van der Waals surface area contributed by atoms with Gasteiger partial charge in [-0.05, 0) is 49.2 Å². The zero-order chi connectivity index (χ0) is 15.7. The summed E-state index contributed by atoms with van der Waals surface area (Å²) in [7, 11) is 0. The molecule has 0 aliphatic heterocycles. The quantitative estimate of drug-likeness (QED) is 0.767. The Bertz CT molecular complexity index is 686. The predicted molar refractivity (Wildman–Crippen MR) is 89.1 cm³/mol. The lowest BCUT2D eigenvalue weighted by atomic mass is 10.1. The highest BCUT2D eigenvalue weighted by molar-refractivity contribution is 9.10. The number of thiocarbonyl (C=S) groups is 1. The number of nitrogens with one attached hydrogen (secondary N) is 1. The van der Waals surface area contributed by atoms with Crippen LogP contribution in [0.5, 0.6) is 0 Å². The van der Waals surface area contributed by atoms with Crippen LogP contribution in [0.15, 0.2) is 28.7 Å². The molecule has 6 heteroatoms. The molecule has 21 heavy (non-hydrogen) atoms. The van der Waals surface area contributed by atoms with Crippen LogP contribution in [-0.2, 0) is 0 Å². The minimum absolute atomic E-state index is 0.0460. The monoisotopic (exact) mass is 370 g/mol. The Hall–Kier alpha value is -1.53. The van der Waals surface area contributed by atoms with Crippen molar-refractivity contribution in [2.45, 2.75) is 13.8 Å².